The Balaban J connectivity index is 2.99. The van der Waals surface area contributed by atoms with Crippen LogP contribution in [0.1, 0.15) is 26.3 Å². The van der Waals surface area contributed by atoms with Gasteiger partial charge in [-0.05, 0) is 26.5 Å². The molecule has 1 amide bonds. The van der Waals surface area contributed by atoms with Crippen LogP contribution >= 0.6 is 0 Å². The molecule has 0 saturated heterocycles. The summed E-state index contributed by atoms with van der Waals surface area (Å²) in [5, 5.41) is 3.27. The molecule has 5 heteroatoms. The number of carbonyl (C=O) groups excluding carboxylic acids is 1. The van der Waals surface area contributed by atoms with Crippen molar-refractivity contribution in [3.8, 4) is 0 Å². The lowest BCUT2D eigenvalue weighted by atomic mass is 10.2. The maximum atomic E-state index is 11.1. The predicted molar refractivity (Wildman–Crippen MR) is 73.3 cm³/mol. The van der Waals surface area contributed by atoms with Gasteiger partial charge in [0.1, 0.15) is 5.82 Å². The molecule has 1 aromatic heterocycles. The normalized spacial score (nSPS) is 10.7. The first-order chi connectivity index (χ1) is 8.56. The van der Waals surface area contributed by atoms with Crippen LogP contribution in [0.2, 0.25) is 0 Å². The van der Waals surface area contributed by atoms with E-state index in [0.29, 0.717) is 0 Å². The lowest BCUT2D eigenvalue weighted by Crippen LogP contribution is -2.40. The molecule has 1 rings (SSSR count). The van der Waals surface area contributed by atoms with Gasteiger partial charge in [0.15, 0.2) is 0 Å². The van der Waals surface area contributed by atoms with Gasteiger partial charge in [-0.15, -0.1) is 0 Å². The highest BCUT2D eigenvalue weighted by Gasteiger charge is 2.17. The van der Waals surface area contributed by atoms with E-state index in [0.717, 1.165) is 24.5 Å². The van der Waals surface area contributed by atoms with Crippen molar-refractivity contribution in [1.82, 2.24) is 10.3 Å². The highest BCUT2D eigenvalue weighted by atomic mass is 16.1. The molecule has 100 valence electrons. The number of carbonyl (C=O) groups is 1. The van der Waals surface area contributed by atoms with Crippen LogP contribution in [-0.2, 0) is 11.3 Å². The smallest absolute Gasteiger partial charge is 0.237 e. The molecular formula is C13H22N4O. The summed E-state index contributed by atoms with van der Waals surface area (Å²) in [4.78, 5) is 17.5. The monoisotopic (exact) mass is 250 g/mol. The number of primary amides is 1. The fraction of sp³-hybridized carbons (Fsp3) is 0.538. The van der Waals surface area contributed by atoms with Gasteiger partial charge in [-0.1, -0.05) is 13.0 Å². The molecule has 0 atom stereocenters. The summed E-state index contributed by atoms with van der Waals surface area (Å²) in [6, 6.07) is 4.09. The number of nitrogens with zero attached hydrogens (tertiary/aromatic N) is 2. The van der Waals surface area contributed by atoms with Gasteiger partial charge in [0.2, 0.25) is 5.91 Å². The number of rotatable bonds is 7. The Bertz CT molecular complexity index is 392. The van der Waals surface area contributed by atoms with Crippen LogP contribution in [0.25, 0.3) is 0 Å². The second kappa shape index (κ2) is 6.96. The molecule has 18 heavy (non-hydrogen) atoms. The zero-order valence-electron chi connectivity index (χ0n) is 11.3. The van der Waals surface area contributed by atoms with Gasteiger partial charge in [0, 0.05) is 24.3 Å². The number of nitrogens with one attached hydrogen (secondary N) is 1. The van der Waals surface area contributed by atoms with Crippen LogP contribution in [0.4, 0.5) is 5.82 Å². The molecule has 3 N–H and O–H groups in total. The van der Waals surface area contributed by atoms with Crippen LogP contribution in [0.5, 0.6) is 0 Å². The number of amides is 1. The number of anilines is 1. The van der Waals surface area contributed by atoms with E-state index in [9.17, 15) is 4.79 Å². The molecule has 0 fully saturated rings. The molecule has 0 aliphatic carbocycles. The fourth-order valence-electron chi connectivity index (χ4n) is 1.76. The average Bonchev–Trinajstić information content (AvgIpc) is 2.33. The number of hydrogen-bond acceptors (Lipinski definition) is 4. The Morgan fingerprint density at radius 2 is 2.28 bits per heavy atom. The van der Waals surface area contributed by atoms with Crippen molar-refractivity contribution >= 4 is 11.7 Å². The molecule has 0 aromatic carbocycles. The van der Waals surface area contributed by atoms with Crippen molar-refractivity contribution < 1.29 is 4.79 Å². The van der Waals surface area contributed by atoms with Crippen LogP contribution in [0, 0.1) is 0 Å². The summed E-state index contributed by atoms with van der Waals surface area (Å²) in [6.07, 6.45) is 1.74. The van der Waals surface area contributed by atoms with Gasteiger partial charge < -0.3 is 16.0 Å². The summed E-state index contributed by atoms with van der Waals surface area (Å²) in [7, 11) is 0. The highest BCUT2D eigenvalue weighted by molar-refractivity contribution is 5.79. The van der Waals surface area contributed by atoms with Gasteiger partial charge in [0.25, 0.3) is 0 Å². The topological polar surface area (TPSA) is 71.2 Å². The minimum absolute atomic E-state index is 0.174. The Kier molecular flexibility index (Phi) is 5.58. The Hall–Kier alpha value is -1.62. The first-order valence-corrected chi connectivity index (χ1v) is 6.25. The molecule has 0 saturated carbocycles. The Labute approximate surface area is 108 Å². The summed E-state index contributed by atoms with van der Waals surface area (Å²) in [5.41, 5.74) is 6.37. The van der Waals surface area contributed by atoms with Gasteiger partial charge >= 0.3 is 0 Å². The second-order valence-corrected chi connectivity index (χ2v) is 4.45. The molecule has 5 nitrogen and oxygen atoms in total. The molecule has 0 unspecified atom stereocenters. The lowest BCUT2D eigenvalue weighted by Gasteiger charge is -2.28. The van der Waals surface area contributed by atoms with E-state index in [1.807, 2.05) is 30.9 Å². The molecular weight excluding hydrogens is 228 g/mol. The minimum Gasteiger partial charge on any atom is -0.368 e. The van der Waals surface area contributed by atoms with Crippen molar-refractivity contribution in [3.05, 3.63) is 23.9 Å². The molecule has 0 aliphatic rings. The van der Waals surface area contributed by atoms with Crippen LogP contribution < -0.4 is 16.0 Å². The first kappa shape index (κ1) is 14.4. The molecule has 1 heterocycles. The second-order valence-electron chi connectivity index (χ2n) is 4.45. The van der Waals surface area contributed by atoms with E-state index in [1.165, 1.54) is 0 Å². The number of pyridine rings is 1. The predicted octanol–water partition coefficient (Wildman–Crippen LogP) is 0.891. The maximum Gasteiger partial charge on any atom is 0.237 e. The fourth-order valence-corrected chi connectivity index (χ4v) is 1.76. The average molecular weight is 250 g/mol. The van der Waals surface area contributed by atoms with E-state index in [1.54, 1.807) is 6.20 Å². The first-order valence-electron chi connectivity index (χ1n) is 6.25. The summed E-state index contributed by atoms with van der Waals surface area (Å²) in [6.45, 7) is 7.92. The molecule has 1 aromatic rings. The molecule has 0 bridgehead atoms. The summed E-state index contributed by atoms with van der Waals surface area (Å²) < 4.78 is 0. The third kappa shape index (κ3) is 4.00. The van der Waals surface area contributed by atoms with Gasteiger partial charge in [-0.2, -0.15) is 0 Å². The number of nitrogens with two attached hydrogens (primary N) is 1. The van der Waals surface area contributed by atoms with E-state index < -0.39 is 0 Å². The quantitative estimate of drug-likeness (QED) is 0.754. The minimum atomic E-state index is -0.344. The zero-order valence-corrected chi connectivity index (χ0v) is 11.3. The third-order valence-corrected chi connectivity index (χ3v) is 2.65. The lowest BCUT2D eigenvalue weighted by molar-refractivity contribution is -0.116. The van der Waals surface area contributed by atoms with Gasteiger partial charge in [0.05, 0.1) is 6.54 Å². The number of hydrogen-bond donors (Lipinski definition) is 2. The SMILES string of the molecule is CCNCc1cccnc1N(CC(N)=O)C(C)C. The zero-order chi connectivity index (χ0) is 13.5. The standard InChI is InChI=1S/C13H22N4O/c1-4-15-8-11-6-5-7-16-13(11)17(10(2)3)9-12(14)18/h5-7,10,15H,4,8-9H2,1-3H3,(H2,14,18). The largest absolute Gasteiger partial charge is 0.368 e. The van der Waals surface area contributed by atoms with E-state index in [4.69, 9.17) is 5.73 Å². The van der Waals surface area contributed by atoms with Crippen LogP contribution in [0.3, 0.4) is 0 Å². The molecule has 0 aliphatic heterocycles. The van der Waals surface area contributed by atoms with Gasteiger partial charge in [-0.3, -0.25) is 4.79 Å². The summed E-state index contributed by atoms with van der Waals surface area (Å²) >= 11 is 0. The highest BCUT2D eigenvalue weighted by Crippen LogP contribution is 2.19. The third-order valence-electron chi connectivity index (χ3n) is 2.65. The van der Waals surface area contributed by atoms with E-state index in [-0.39, 0.29) is 18.5 Å². The van der Waals surface area contributed by atoms with Gasteiger partial charge in [-0.25, -0.2) is 4.98 Å². The van der Waals surface area contributed by atoms with E-state index >= 15 is 0 Å². The maximum absolute atomic E-state index is 11.1. The van der Waals surface area contributed by atoms with Crippen molar-refractivity contribution in [2.24, 2.45) is 5.73 Å². The Morgan fingerprint density at radius 1 is 1.56 bits per heavy atom. The van der Waals surface area contributed by atoms with Crippen molar-refractivity contribution in [2.45, 2.75) is 33.4 Å². The molecule has 0 radical (unpaired) electrons. The number of aromatic nitrogens is 1. The van der Waals surface area contributed by atoms with Crippen molar-refractivity contribution in [2.75, 3.05) is 18.0 Å². The van der Waals surface area contributed by atoms with Crippen molar-refractivity contribution in [1.29, 1.82) is 0 Å². The summed E-state index contributed by atoms with van der Waals surface area (Å²) in [5.74, 6) is 0.482. The van der Waals surface area contributed by atoms with Crippen LogP contribution in [0.15, 0.2) is 18.3 Å². The van der Waals surface area contributed by atoms with E-state index in [2.05, 4.69) is 17.2 Å². The molecule has 0 spiro atoms. The van der Waals surface area contributed by atoms with Crippen LogP contribution in [-0.4, -0.2) is 30.0 Å². The van der Waals surface area contributed by atoms with Crippen molar-refractivity contribution in [3.63, 3.8) is 0 Å². The Morgan fingerprint density at radius 3 is 2.83 bits per heavy atom.